The van der Waals surface area contributed by atoms with E-state index < -0.39 is 27.5 Å². The van der Waals surface area contributed by atoms with Gasteiger partial charge in [0.25, 0.3) is 0 Å². The normalized spacial score (nSPS) is 15.6. The molecule has 3 aromatic carbocycles. The number of alkyl halides is 3. The first-order valence-electron chi connectivity index (χ1n) is 15.0. The summed E-state index contributed by atoms with van der Waals surface area (Å²) in [5, 5.41) is 19.8. The molecule has 1 fully saturated rings. The van der Waals surface area contributed by atoms with Gasteiger partial charge in [-0.1, -0.05) is 61.2 Å². The molecule has 1 aromatic heterocycles. The van der Waals surface area contributed by atoms with Crippen LogP contribution in [0.4, 0.5) is 13.2 Å². The van der Waals surface area contributed by atoms with E-state index in [1.165, 1.54) is 36.2 Å². The molecule has 46 heavy (non-hydrogen) atoms. The van der Waals surface area contributed by atoms with Crippen molar-refractivity contribution in [2.24, 2.45) is 5.14 Å². The molecule has 1 saturated carbocycles. The Labute approximate surface area is 268 Å². The lowest BCUT2D eigenvalue weighted by molar-refractivity contribution is -0.141. The average Bonchev–Trinajstić information content (AvgIpc) is 3.47. The molecule has 248 valence electrons. The van der Waals surface area contributed by atoms with Crippen LogP contribution in [0, 0.1) is 6.92 Å². The van der Waals surface area contributed by atoms with Crippen LogP contribution in [0.25, 0.3) is 16.9 Å². The maximum atomic E-state index is 13.1. The van der Waals surface area contributed by atoms with Gasteiger partial charge in [-0.15, -0.1) is 0 Å². The predicted octanol–water partition coefficient (Wildman–Crippen LogP) is 6.55. The summed E-state index contributed by atoms with van der Waals surface area (Å²) in [7, 11) is 1.93. The number of aromatic nitrogens is 2. The van der Waals surface area contributed by atoms with Crippen LogP contribution < -0.4 is 9.88 Å². The standard InChI is InChI=1S/C17H14F3N3O2S.C17H27NO2/c1-11-2-4-12(5-3-11)15-10-16(17(18,19)20)22-23(15)13-6-8-14(9-7-13)26(21,24)25;1-18(2)13-16(17(19)11-5-4-6-12-17)14-7-9-15(20-3)10-8-14/h2-10H,1H3,(H2,21,24,25);7-10,16,19H,4-6,11-13H2,1-3H3. The quantitative estimate of drug-likeness (QED) is 0.222. The second kappa shape index (κ2) is 14.4. The lowest BCUT2D eigenvalue weighted by Gasteiger charge is -2.40. The number of methoxy groups -OCH3 is 1. The molecule has 0 aliphatic heterocycles. The van der Waals surface area contributed by atoms with Gasteiger partial charge in [-0.25, -0.2) is 18.2 Å². The predicted molar refractivity (Wildman–Crippen MR) is 172 cm³/mol. The zero-order chi connectivity index (χ0) is 33.7. The van der Waals surface area contributed by atoms with Gasteiger partial charge in [-0.3, -0.25) is 0 Å². The van der Waals surface area contributed by atoms with Gasteiger partial charge in [-0.2, -0.15) is 18.3 Å². The van der Waals surface area contributed by atoms with Crippen molar-refractivity contribution in [1.29, 1.82) is 0 Å². The molecule has 0 saturated heterocycles. The summed E-state index contributed by atoms with van der Waals surface area (Å²) >= 11 is 0. The summed E-state index contributed by atoms with van der Waals surface area (Å²) in [5.41, 5.74) is 1.65. The van der Waals surface area contributed by atoms with Crippen molar-refractivity contribution in [3.05, 3.63) is 95.7 Å². The highest BCUT2D eigenvalue weighted by Crippen LogP contribution is 2.40. The molecule has 1 atom stereocenters. The van der Waals surface area contributed by atoms with Gasteiger partial charge in [0.1, 0.15) is 5.75 Å². The number of hydrogen-bond donors (Lipinski definition) is 2. The van der Waals surface area contributed by atoms with E-state index in [-0.39, 0.29) is 22.2 Å². The van der Waals surface area contributed by atoms with Crippen molar-refractivity contribution >= 4 is 10.0 Å². The molecule has 5 rings (SSSR count). The molecule has 1 aliphatic rings. The largest absolute Gasteiger partial charge is 0.497 e. The number of aryl methyl sites for hydroxylation is 1. The van der Waals surface area contributed by atoms with Crippen LogP contribution in [-0.4, -0.2) is 61.6 Å². The number of rotatable bonds is 8. The Morgan fingerprint density at radius 1 is 0.978 bits per heavy atom. The molecular weight excluding hydrogens is 617 g/mol. The van der Waals surface area contributed by atoms with E-state index in [0.29, 0.717) is 5.56 Å². The first kappa shape index (κ1) is 35.1. The van der Waals surface area contributed by atoms with E-state index in [4.69, 9.17) is 9.88 Å². The van der Waals surface area contributed by atoms with Crippen molar-refractivity contribution < 1.29 is 31.4 Å². The number of ether oxygens (including phenoxy) is 1. The Balaban J connectivity index is 0.000000216. The Morgan fingerprint density at radius 2 is 1.57 bits per heavy atom. The van der Waals surface area contributed by atoms with E-state index in [0.717, 1.165) is 54.3 Å². The highest BCUT2D eigenvalue weighted by molar-refractivity contribution is 7.89. The van der Waals surface area contributed by atoms with Crippen molar-refractivity contribution in [2.75, 3.05) is 27.7 Å². The van der Waals surface area contributed by atoms with Crippen LogP contribution in [-0.2, 0) is 16.2 Å². The van der Waals surface area contributed by atoms with Gasteiger partial charge in [0.2, 0.25) is 10.0 Å². The van der Waals surface area contributed by atoms with Crippen molar-refractivity contribution in [3.63, 3.8) is 0 Å². The molecule has 4 aromatic rings. The topological polar surface area (TPSA) is 111 Å². The lowest BCUT2D eigenvalue weighted by atomic mass is 9.72. The number of benzene rings is 3. The number of hydrogen-bond acceptors (Lipinski definition) is 6. The van der Waals surface area contributed by atoms with Crippen molar-refractivity contribution in [1.82, 2.24) is 14.7 Å². The van der Waals surface area contributed by atoms with E-state index in [1.807, 2.05) is 19.1 Å². The molecule has 3 N–H and O–H groups in total. The first-order valence-corrected chi connectivity index (χ1v) is 16.5. The number of nitrogens with two attached hydrogens (primary N) is 1. The number of aliphatic hydroxyl groups is 1. The Hall–Kier alpha value is -3.71. The van der Waals surface area contributed by atoms with Gasteiger partial charge < -0.3 is 14.7 Å². The minimum Gasteiger partial charge on any atom is -0.497 e. The summed E-state index contributed by atoms with van der Waals surface area (Å²) in [6.45, 7) is 2.75. The molecule has 1 aliphatic carbocycles. The minimum absolute atomic E-state index is 0.138. The molecule has 0 radical (unpaired) electrons. The lowest BCUT2D eigenvalue weighted by Crippen LogP contribution is -2.42. The second-order valence-corrected chi connectivity index (χ2v) is 13.5. The number of primary sulfonamides is 1. The molecule has 1 heterocycles. The van der Waals surface area contributed by atoms with Crippen LogP contribution in [0.2, 0.25) is 0 Å². The van der Waals surface area contributed by atoms with Gasteiger partial charge in [-0.05, 0) is 81.9 Å². The summed E-state index contributed by atoms with van der Waals surface area (Å²) < 4.78 is 68.4. The third-order valence-corrected chi connectivity index (χ3v) is 9.12. The number of likely N-dealkylation sites (N-methyl/N-ethyl adjacent to an activating group) is 1. The van der Waals surface area contributed by atoms with Gasteiger partial charge in [0.05, 0.1) is 29.0 Å². The molecule has 8 nitrogen and oxygen atoms in total. The zero-order valence-electron chi connectivity index (χ0n) is 26.5. The average molecular weight is 659 g/mol. The molecule has 0 bridgehead atoms. The van der Waals surface area contributed by atoms with E-state index in [9.17, 15) is 26.7 Å². The van der Waals surface area contributed by atoms with Gasteiger partial charge in [0, 0.05) is 18.0 Å². The smallest absolute Gasteiger partial charge is 0.435 e. The van der Waals surface area contributed by atoms with Crippen LogP contribution in [0.3, 0.4) is 0 Å². The Morgan fingerprint density at radius 3 is 2.07 bits per heavy atom. The van der Waals surface area contributed by atoms with Gasteiger partial charge in [0.15, 0.2) is 5.69 Å². The number of nitrogens with zero attached hydrogens (tertiary/aromatic N) is 3. The monoisotopic (exact) mass is 658 g/mol. The van der Waals surface area contributed by atoms with E-state index in [2.05, 4.69) is 36.2 Å². The van der Waals surface area contributed by atoms with Crippen molar-refractivity contribution in [2.45, 2.75) is 61.6 Å². The molecular formula is C34H41F3N4O4S. The third kappa shape index (κ3) is 8.75. The molecule has 12 heteroatoms. The summed E-state index contributed by atoms with van der Waals surface area (Å²) in [4.78, 5) is 2.03. The second-order valence-electron chi connectivity index (χ2n) is 12.0. The number of sulfonamides is 1. The van der Waals surface area contributed by atoms with Gasteiger partial charge >= 0.3 is 6.18 Å². The van der Waals surface area contributed by atoms with Crippen molar-refractivity contribution in [3.8, 4) is 22.7 Å². The first-order chi connectivity index (χ1) is 21.6. The summed E-state index contributed by atoms with van der Waals surface area (Å²) in [6, 6.07) is 21.2. The fraction of sp³-hybridized carbons (Fsp3) is 0.382. The van der Waals surface area contributed by atoms with E-state index in [1.54, 1.807) is 31.4 Å². The number of halogens is 3. The maximum Gasteiger partial charge on any atom is 0.435 e. The highest BCUT2D eigenvalue weighted by atomic mass is 32.2. The summed E-state index contributed by atoms with van der Waals surface area (Å²) in [6.07, 6.45) is 0.743. The molecule has 0 amide bonds. The van der Waals surface area contributed by atoms with Crippen LogP contribution in [0.15, 0.2) is 83.8 Å². The third-order valence-electron chi connectivity index (χ3n) is 8.19. The fourth-order valence-electron chi connectivity index (χ4n) is 5.72. The molecule has 0 spiro atoms. The Bertz CT molecular complexity index is 1680. The van der Waals surface area contributed by atoms with Crippen LogP contribution >= 0.6 is 0 Å². The SMILES string of the molecule is COc1ccc(C(CN(C)C)C2(O)CCCCC2)cc1.Cc1ccc(-c2cc(C(F)(F)F)nn2-c2ccc(S(N)(=O)=O)cc2)cc1. The van der Waals surface area contributed by atoms with Crippen LogP contribution in [0.5, 0.6) is 5.75 Å². The molecule has 1 unspecified atom stereocenters. The minimum atomic E-state index is -4.61. The fourth-order valence-corrected chi connectivity index (χ4v) is 6.24. The van der Waals surface area contributed by atoms with E-state index >= 15 is 0 Å². The maximum absolute atomic E-state index is 13.1. The van der Waals surface area contributed by atoms with Crippen LogP contribution in [0.1, 0.15) is 54.8 Å². The zero-order valence-corrected chi connectivity index (χ0v) is 27.3. The Kier molecular flexibility index (Phi) is 11.0. The highest BCUT2D eigenvalue weighted by Gasteiger charge is 2.39. The summed E-state index contributed by atoms with van der Waals surface area (Å²) in [5.74, 6) is 1.04.